The van der Waals surface area contributed by atoms with Crippen molar-refractivity contribution in [2.24, 2.45) is 0 Å². The summed E-state index contributed by atoms with van der Waals surface area (Å²) in [6, 6.07) is 13.9. The van der Waals surface area contributed by atoms with E-state index in [1.165, 1.54) is 4.57 Å². The van der Waals surface area contributed by atoms with E-state index < -0.39 is 5.56 Å². The second kappa shape index (κ2) is 6.44. The molecule has 0 radical (unpaired) electrons. The van der Waals surface area contributed by atoms with Gasteiger partial charge in [-0.3, -0.25) is 14.2 Å². The molecule has 0 spiro atoms. The summed E-state index contributed by atoms with van der Waals surface area (Å²) >= 11 is 11.1. The molecule has 0 aliphatic rings. The summed E-state index contributed by atoms with van der Waals surface area (Å²) in [4.78, 5) is 28.0. The van der Waals surface area contributed by atoms with E-state index in [-0.39, 0.29) is 22.8 Å². The number of hydrogen-bond donors (Lipinski definition) is 2. The molecule has 1 amide bonds. The Balaban J connectivity index is 1.71. The molecular weight excluding hydrogens is 374 g/mol. The van der Waals surface area contributed by atoms with Crippen LogP contribution in [0.15, 0.2) is 57.7 Å². The monoisotopic (exact) mass is 385 g/mol. The number of furan rings is 1. The number of nitrogens with zero attached hydrogens (tertiary/aromatic N) is 1. The second-order valence-corrected chi connectivity index (χ2v) is 6.50. The fourth-order valence-electron chi connectivity index (χ4n) is 2.73. The van der Waals surface area contributed by atoms with Crippen molar-refractivity contribution >= 4 is 57.5 Å². The fraction of sp³-hybridized carbons (Fsp3) is 0.0556. The number of aromatic amines is 1. The molecule has 2 N–H and O–H groups in total. The first-order valence-corrected chi connectivity index (χ1v) is 8.51. The van der Waals surface area contributed by atoms with Crippen LogP contribution in [0.4, 0.5) is 5.69 Å². The van der Waals surface area contributed by atoms with Crippen LogP contribution in [0.2, 0.25) is 5.02 Å². The normalized spacial score (nSPS) is 11.1. The number of hydrogen-bond acceptors (Lipinski definition) is 4. The number of fused-ring (bicyclic) bond motifs is 3. The summed E-state index contributed by atoms with van der Waals surface area (Å²) in [5, 5.41) is 4.03. The highest BCUT2D eigenvalue weighted by molar-refractivity contribution is 7.71. The quantitative estimate of drug-likeness (QED) is 0.520. The zero-order chi connectivity index (χ0) is 18.3. The van der Waals surface area contributed by atoms with E-state index >= 15 is 0 Å². The minimum absolute atomic E-state index is 0.138. The maximum absolute atomic E-state index is 12.7. The van der Waals surface area contributed by atoms with Crippen LogP contribution in [0.3, 0.4) is 0 Å². The summed E-state index contributed by atoms with van der Waals surface area (Å²) in [5.74, 6) is -0.385. The van der Waals surface area contributed by atoms with Gasteiger partial charge in [0.15, 0.2) is 4.77 Å². The first-order valence-electron chi connectivity index (χ1n) is 7.73. The molecule has 6 nitrogen and oxygen atoms in total. The third-order valence-electron chi connectivity index (χ3n) is 3.94. The van der Waals surface area contributed by atoms with Crippen molar-refractivity contribution in [2.75, 3.05) is 5.32 Å². The highest BCUT2D eigenvalue weighted by Crippen LogP contribution is 2.24. The zero-order valence-corrected chi connectivity index (χ0v) is 14.9. The Hall–Kier alpha value is -2.90. The number of anilines is 1. The Morgan fingerprint density at radius 3 is 2.69 bits per heavy atom. The maximum Gasteiger partial charge on any atom is 0.298 e. The third kappa shape index (κ3) is 2.91. The zero-order valence-electron chi connectivity index (χ0n) is 13.3. The largest absolute Gasteiger partial charge is 0.449 e. The van der Waals surface area contributed by atoms with Crippen LogP contribution >= 0.6 is 23.8 Å². The van der Waals surface area contributed by atoms with Crippen molar-refractivity contribution in [3.8, 4) is 0 Å². The number of carbonyl (C=O) groups is 1. The summed E-state index contributed by atoms with van der Waals surface area (Å²) in [6.07, 6.45) is 0. The maximum atomic E-state index is 12.7. The Kier molecular flexibility index (Phi) is 4.10. The van der Waals surface area contributed by atoms with Gasteiger partial charge in [0.2, 0.25) is 11.5 Å². The van der Waals surface area contributed by atoms with Gasteiger partial charge >= 0.3 is 0 Å². The van der Waals surface area contributed by atoms with E-state index in [2.05, 4.69) is 10.3 Å². The molecule has 130 valence electrons. The predicted molar refractivity (Wildman–Crippen MR) is 103 cm³/mol. The molecule has 0 saturated heterocycles. The van der Waals surface area contributed by atoms with E-state index in [4.69, 9.17) is 28.2 Å². The highest BCUT2D eigenvalue weighted by Gasteiger charge is 2.15. The molecule has 2 aromatic heterocycles. The lowest BCUT2D eigenvalue weighted by Gasteiger charge is -2.07. The summed E-state index contributed by atoms with van der Waals surface area (Å²) in [6.45, 7) is -0.232. The first kappa shape index (κ1) is 16.6. The van der Waals surface area contributed by atoms with Crippen molar-refractivity contribution in [1.29, 1.82) is 0 Å². The van der Waals surface area contributed by atoms with Gasteiger partial charge in [-0.2, -0.15) is 0 Å². The van der Waals surface area contributed by atoms with E-state index in [0.717, 1.165) is 5.39 Å². The molecule has 8 heteroatoms. The predicted octanol–water partition coefficient (Wildman–Crippen LogP) is 4.10. The lowest BCUT2D eigenvalue weighted by atomic mass is 10.2. The Labute approximate surface area is 157 Å². The van der Waals surface area contributed by atoms with Crippen LogP contribution in [-0.4, -0.2) is 15.5 Å². The smallest absolute Gasteiger partial charge is 0.298 e. The van der Waals surface area contributed by atoms with Gasteiger partial charge in [0.1, 0.15) is 17.6 Å². The molecule has 4 rings (SSSR count). The molecule has 0 bridgehead atoms. The highest BCUT2D eigenvalue weighted by atomic mass is 35.5. The number of nitrogens with one attached hydrogen (secondary N) is 2. The molecular formula is C18H12ClN3O3S. The number of para-hydroxylation sites is 1. The summed E-state index contributed by atoms with van der Waals surface area (Å²) < 4.78 is 6.96. The molecule has 0 atom stereocenters. The van der Waals surface area contributed by atoms with Crippen LogP contribution in [0, 0.1) is 4.77 Å². The van der Waals surface area contributed by atoms with Crippen LogP contribution < -0.4 is 10.9 Å². The minimum atomic E-state index is -0.453. The van der Waals surface area contributed by atoms with Gasteiger partial charge in [0, 0.05) is 16.1 Å². The second-order valence-electron chi connectivity index (χ2n) is 5.68. The van der Waals surface area contributed by atoms with Crippen LogP contribution in [0.25, 0.3) is 22.1 Å². The molecule has 2 heterocycles. The van der Waals surface area contributed by atoms with E-state index in [1.54, 1.807) is 30.3 Å². The number of carbonyl (C=O) groups excluding carboxylic acids is 1. The molecule has 0 aliphatic carbocycles. The third-order valence-corrected chi connectivity index (χ3v) is 4.52. The SMILES string of the molecule is O=C(Cn1c(=S)[nH]c2c(oc3ccccc32)c1=O)Nc1ccc(Cl)cc1. The number of halogens is 1. The number of rotatable bonds is 3. The van der Waals surface area contributed by atoms with Gasteiger partial charge in [-0.05, 0) is 48.6 Å². The standard InChI is InChI=1S/C18H12ClN3O3S/c19-10-5-7-11(8-6-10)20-14(23)9-22-17(24)16-15(21-18(22)26)12-3-1-2-4-13(12)25-16/h1-8H,9H2,(H,20,23)(H,21,26). The first-order chi connectivity index (χ1) is 12.5. The molecule has 0 aliphatic heterocycles. The van der Waals surface area contributed by atoms with Gasteiger partial charge in [0.05, 0.1) is 0 Å². The Morgan fingerprint density at radius 2 is 1.92 bits per heavy atom. The van der Waals surface area contributed by atoms with Crippen LogP contribution in [-0.2, 0) is 11.3 Å². The number of aromatic nitrogens is 2. The van der Waals surface area contributed by atoms with Crippen LogP contribution in [0.5, 0.6) is 0 Å². The fourth-order valence-corrected chi connectivity index (χ4v) is 3.11. The lowest BCUT2D eigenvalue weighted by molar-refractivity contribution is -0.116. The lowest BCUT2D eigenvalue weighted by Crippen LogP contribution is -2.28. The average molecular weight is 386 g/mol. The van der Waals surface area contributed by atoms with Crippen molar-refractivity contribution in [3.63, 3.8) is 0 Å². The summed E-state index contributed by atoms with van der Waals surface area (Å²) in [5.41, 5.74) is 1.37. The van der Waals surface area contributed by atoms with Crippen molar-refractivity contribution in [2.45, 2.75) is 6.54 Å². The molecule has 0 fully saturated rings. The van der Waals surface area contributed by atoms with Gasteiger partial charge in [-0.25, -0.2) is 0 Å². The van der Waals surface area contributed by atoms with Crippen LogP contribution in [0.1, 0.15) is 0 Å². The Bertz CT molecular complexity index is 1250. The van der Waals surface area contributed by atoms with Crippen molar-refractivity contribution in [1.82, 2.24) is 9.55 Å². The number of benzene rings is 2. The van der Waals surface area contributed by atoms with Crippen molar-refractivity contribution in [3.05, 3.63) is 68.7 Å². The molecule has 0 unspecified atom stereocenters. The Morgan fingerprint density at radius 1 is 1.19 bits per heavy atom. The van der Waals surface area contributed by atoms with Gasteiger partial charge in [-0.15, -0.1) is 0 Å². The number of amides is 1. The van der Waals surface area contributed by atoms with E-state index in [0.29, 0.717) is 21.8 Å². The topological polar surface area (TPSA) is 80.0 Å². The van der Waals surface area contributed by atoms with E-state index in [9.17, 15) is 9.59 Å². The van der Waals surface area contributed by atoms with Gasteiger partial charge in [-0.1, -0.05) is 23.7 Å². The van der Waals surface area contributed by atoms with Crippen molar-refractivity contribution < 1.29 is 9.21 Å². The molecule has 0 saturated carbocycles. The summed E-state index contributed by atoms with van der Waals surface area (Å²) in [7, 11) is 0. The molecule has 2 aromatic carbocycles. The van der Waals surface area contributed by atoms with Gasteiger partial charge < -0.3 is 14.7 Å². The van der Waals surface area contributed by atoms with Gasteiger partial charge in [0.25, 0.3) is 5.56 Å². The minimum Gasteiger partial charge on any atom is -0.449 e. The average Bonchev–Trinajstić information content (AvgIpc) is 2.99. The molecule has 4 aromatic rings. The van der Waals surface area contributed by atoms with E-state index in [1.807, 2.05) is 18.2 Å². The molecule has 26 heavy (non-hydrogen) atoms. The number of H-pyrrole nitrogens is 1.